The first-order valence-corrected chi connectivity index (χ1v) is 6.10. The Morgan fingerprint density at radius 1 is 1.12 bits per heavy atom. The Labute approximate surface area is 109 Å². The van der Waals surface area contributed by atoms with E-state index in [2.05, 4.69) is 25.9 Å². The molecule has 3 nitrogen and oxygen atoms in total. The average Bonchev–Trinajstić information content (AvgIpc) is 2.35. The van der Waals surface area contributed by atoms with Crippen LogP contribution < -0.4 is 0 Å². The third-order valence-corrected chi connectivity index (χ3v) is 3.83. The number of aryl methyl sites for hydroxylation is 2. The lowest BCUT2D eigenvalue weighted by Gasteiger charge is -2.07. The molecular weight excluding hydrogens is 280 g/mol. The summed E-state index contributed by atoms with van der Waals surface area (Å²) in [6.45, 7) is 4.06. The molecule has 2 aromatic rings. The van der Waals surface area contributed by atoms with E-state index in [1.807, 2.05) is 26.0 Å². The average molecular weight is 293 g/mol. The van der Waals surface area contributed by atoms with Crippen molar-refractivity contribution < 1.29 is 5.11 Å². The molecule has 2 rings (SSSR count). The van der Waals surface area contributed by atoms with E-state index in [-0.39, 0.29) is 6.61 Å². The molecule has 1 aromatic carbocycles. The second kappa shape index (κ2) is 4.94. The smallest absolute Gasteiger partial charge is 0.159 e. The van der Waals surface area contributed by atoms with Crippen molar-refractivity contribution in [3.63, 3.8) is 0 Å². The van der Waals surface area contributed by atoms with Gasteiger partial charge in [-0.2, -0.15) is 0 Å². The highest BCUT2D eigenvalue weighted by Gasteiger charge is 2.06. The van der Waals surface area contributed by atoms with Gasteiger partial charge < -0.3 is 5.11 Å². The van der Waals surface area contributed by atoms with Crippen molar-refractivity contribution in [2.45, 2.75) is 20.5 Å². The van der Waals surface area contributed by atoms with E-state index in [1.54, 1.807) is 12.4 Å². The number of benzene rings is 1. The van der Waals surface area contributed by atoms with Crippen LogP contribution in [0, 0.1) is 13.8 Å². The van der Waals surface area contributed by atoms with Gasteiger partial charge in [-0.05, 0) is 37.1 Å². The molecule has 0 amide bonds. The molecule has 88 valence electrons. The van der Waals surface area contributed by atoms with Crippen molar-refractivity contribution in [2.24, 2.45) is 0 Å². The van der Waals surface area contributed by atoms with Gasteiger partial charge in [-0.3, -0.25) is 0 Å². The molecule has 0 unspecified atom stereocenters. The van der Waals surface area contributed by atoms with Crippen LogP contribution in [0.4, 0.5) is 0 Å². The first-order chi connectivity index (χ1) is 8.11. The number of hydrogen-bond donors (Lipinski definition) is 1. The molecule has 0 spiro atoms. The molecule has 0 radical (unpaired) electrons. The van der Waals surface area contributed by atoms with Crippen LogP contribution in [0.1, 0.15) is 16.7 Å². The number of halogens is 1. The predicted molar refractivity (Wildman–Crippen MR) is 70.6 cm³/mol. The van der Waals surface area contributed by atoms with Crippen LogP contribution in [0.3, 0.4) is 0 Å². The Hall–Kier alpha value is -1.26. The van der Waals surface area contributed by atoms with Crippen molar-refractivity contribution in [1.82, 2.24) is 9.97 Å². The fourth-order valence-electron chi connectivity index (χ4n) is 1.66. The fourth-order valence-corrected chi connectivity index (χ4v) is 1.89. The van der Waals surface area contributed by atoms with E-state index < -0.39 is 0 Å². The predicted octanol–water partition coefficient (Wildman–Crippen LogP) is 3.02. The molecular formula is C13H13BrN2O. The monoisotopic (exact) mass is 292 g/mol. The summed E-state index contributed by atoms with van der Waals surface area (Å²) in [5.41, 5.74) is 4.04. The third kappa shape index (κ3) is 2.53. The summed E-state index contributed by atoms with van der Waals surface area (Å²) in [7, 11) is 0. The lowest BCUT2D eigenvalue weighted by atomic mass is 10.1. The molecule has 0 fully saturated rings. The standard InChI is InChI=1S/C13H13BrN2O/c1-8-3-11(4-9(2)12(8)14)13-15-5-10(7-17)6-16-13/h3-6,17H,7H2,1-2H3. The number of aliphatic hydroxyl groups is 1. The fraction of sp³-hybridized carbons (Fsp3) is 0.231. The van der Waals surface area contributed by atoms with Crippen molar-refractivity contribution in [3.05, 3.63) is 45.7 Å². The second-order valence-corrected chi connectivity index (χ2v) is 4.79. The van der Waals surface area contributed by atoms with E-state index in [0.29, 0.717) is 5.82 Å². The minimum Gasteiger partial charge on any atom is -0.392 e. The van der Waals surface area contributed by atoms with Crippen LogP contribution in [0.2, 0.25) is 0 Å². The van der Waals surface area contributed by atoms with Gasteiger partial charge in [0, 0.05) is 28.0 Å². The lowest BCUT2D eigenvalue weighted by Crippen LogP contribution is -1.94. The summed E-state index contributed by atoms with van der Waals surface area (Å²) in [6, 6.07) is 4.09. The minimum absolute atomic E-state index is 0.0291. The van der Waals surface area contributed by atoms with Crippen molar-refractivity contribution in [2.75, 3.05) is 0 Å². The molecule has 0 aliphatic rings. The SMILES string of the molecule is Cc1cc(-c2ncc(CO)cn2)cc(C)c1Br. The Kier molecular flexibility index (Phi) is 3.54. The summed E-state index contributed by atoms with van der Waals surface area (Å²) < 4.78 is 1.12. The van der Waals surface area contributed by atoms with Crippen molar-refractivity contribution in [1.29, 1.82) is 0 Å². The van der Waals surface area contributed by atoms with Gasteiger partial charge in [0.1, 0.15) is 0 Å². The maximum Gasteiger partial charge on any atom is 0.159 e. The molecule has 0 aliphatic heterocycles. The summed E-state index contributed by atoms with van der Waals surface area (Å²) >= 11 is 3.53. The second-order valence-electron chi connectivity index (χ2n) is 4.00. The first kappa shape index (κ1) is 12.2. The van der Waals surface area contributed by atoms with Gasteiger partial charge >= 0.3 is 0 Å². The molecule has 1 aromatic heterocycles. The van der Waals surface area contributed by atoms with Crippen molar-refractivity contribution >= 4 is 15.9 Å². The van der Waals surface area contributed by atoms with Gasteiger partial charge in [0.2, 0.25) is 0 Å². The molecule has 0 bridgehead atoms. The molecule has 0 aliphatic carbocycles. The highest BCUT2D eigenvalue weighted by Crippen LogP contribution is 2.26. The van der Waals surface area contributed by atoms with E-state index in [4.69, 9.17) is 5.11 Å². The van der Waals surface area contributed by atoms with Crippen LogP contribution >= 0.6 is 15.9 Å². The molecule has 1 N–H and O–H groups in total. The van der Waals surface area contributed by atoms with Crippen LogP contribution in [-0.2, 0) is 6.61 Å². The summed E-state index contributed by atoms with van der Waals surface area (Å²) in [5.74, 6) is 0.681. The van der Waals surface area contributed by atoms with E-state index >= 15 is 0 Å². The Balaban J connectivity index is 2.45. The van der Waals surface area contributed by atoms with Crippen LogP contribution in [-0.4, -0.2) is 15.1 Å². The normalized spacial score (nSPS) is 10.6. The van der Waals surface area contributed by atoms with Gasteiger partial charge in [0.05, 0.1) is 6.61 Å². The number of aromatic nitrogens is 2. The zero-order valence-corrected chi connectivity index (χ0v) is 11.3. The number of nitrogens with zero attached hydrogens (tertiary/aromatic N) is 2. The highest BCUT2D eigenvalue weighted by atomic mass is 79.9. The Bertz CT molecular complexity index is 515. The maximum atomic E-state index is 8.94. The van der Waals surface area contributed by atoms with Gasteiger partial charge in [0.15, 0.2) is 5.82 Å². The van der Waals surface area contributed by atoms with Crippen LogP contribution in [0.5, 0.6) is 0 Å². The maximum absolute atomic E-state index is 8.94. The largest absolute Gasteiger partial charge is 0.392 e. The molecule has 0 saturated carbocycles. The summed E-state index contributed by atoms with van der Waals surface area (Å²) in [4.78, 5) is 8.49. The van der Waals surface area contributed by atoms with Gasteiger partial charge in [-0.1, -0.05) is 15.9 Å². The highest BCUT2D eigenvalue weighted by molar-refractivity contribution is 9.10. The molecule has 4 heteroatoms. The van der Waals surface area contributed by atoms with Crippen LogP contribution in [0.15, 0.2) is 29.0 Å². The third-order valence-electron chi connectivity index (χ3n) is 2.58. The number of rotatable bonds is 2. The topological polar surface area (TPSA) is 46.0 Å². The minimum atomic E-state index is -0.0291. The van der Waals surface area contributed by atoms with E-state index in [1.165, 1.54) is 0 Å². The zero-order valence-electron chi connectivity index (χ0n) is 9.74. The quantitative estimate of drug-likeness (QED) is 0.925. The molecule has 17 heavy (non-hydrogen) atoms. The molecule has 1 heterocycles. The van der Waals surface area contributed by atoms with Gasteiger partial charge in [-0.15, -0.1) is 0 Å². The zero-order chi connectivity index (χ0) is 12.4. The van der Waals surface area contributed by atoms with E-state index in [0.717, 1.165) is 26.7 Å². The van der Waals surface area contributed by atoms with Crippen molar-refractivity contribution in [3.8, 4) is 11.4 Å². The summed E-state index contributed by atoms with van der Waals surface area (Å²) in [5, 5.41) is 8.94. The first-order valence-electron chi connectivity index (χ1n) is 5.30. The van der Waals surface area contributed by atoms with E-state index in [9.17, 15) is 0 Å². The Morgan fingerprint density at radius 3 is 2.12 bits per heavy atom. The van der Waals surface area contributed by atoms with Gasteiger partial charge in [0.25, 0.3) is 0 Å². The molecule has 0 atom stereocenters. The number of aliphatic hydroxyl groups excluding tert-OH is 1. The lowest BCUT2D eigenvalue weighted by molar-refractivity contribution is 0.281. The Morgan fingerprint density at radius 2 is 1.65 bits per heavy atom. The van der Waals surface area contributed by atoms with Crippen LogP contribution in [0.25, 0.3) is 11.4 Å². The summed E-state index contributed by atoms with van der Waals surface area (Å²) in [6.07, 6.45) is 3.30. The molecule has 0 saturated heterocycles. The number of hydrogen-bond acceptors (Lipinski definition) is 3. The van der Waals surface area contributed by atoms with Gasteiger partial charge in [-0.25, -0.2) is 9.97 Å².